The summed E-state index contributed by atoms with van der Waals surface area (Å²) in [5.74, 6) is 1.45. The monoisotopic (exact) mass is 379 g/mol. The zero-order valence-corrected chi connectivity index (χ0v) is 15.4. The number of hydrogen-bond donors (Lipinski definition) is 0. The van der Waals surface area contributed by atoms with Crippen LogP contribution in [0.3, 0.4) is 0 Å². The Morgan fingerprint density at radius 1 is 1.30 bits per heavy atom. The number of ether oxygens (including phenoxy) is 1. The third kappa shape index (κ3) is 3.55. The molecule has 0 aliphatic carbocycles. The van der Waals surface area contributed by atoms with E-state index in [2.05, 4.69) is 22.9 Å². The molecule has 4 nitrogen and oxygen atoms in total. The van der Waals surface area contributed by atoms with Gasteiger partial charge >= 0.3 is 0 Å². The third-order valence-electron chi connectivity index (χ3n) is 4.25. The number of carbonyl (C=O) groups excluding carboxylic acids is 1. The van der Waals surface area contributed by atoms with Crippen molar-refractivity contribution in [2.45, 2.75) is 39.7 Å². The molecule has 0 atom stereocenters. The lowest BCUT2D eigenvalue weighted by molar-refractivity contribution is 0.0696. The fraction of sp³-hybridized carbons (Fsp3) is 0.500. The quantitative estimate of drug-likeness (QED) is 0.764. The Bertz CT molecular complexity index is 714. The number of hydrogen-bond acceptors (Lipinski definition) is 3. The Morgan fingerprint density at radius 3 is 2.65 bits per heavy atom. The van der Waals surface area contributed by atoms with Gasteiger partial charge in [0.25, 0.3) is 5.91 Å². The van der Waals surface area contributed by atoms with E-state index in [1.807, 2.05) is 36.9 Å². The van der Waals surface area contributed by atoms with E-state index in [9.17, 15) is 4.79 Å². The number of amides is 1. The van der Waals surface area contributed by atoms with Gasteiger partial charge in [-0.25, -0.2) is 0 Å². The molecule has 1 aliphatic rings. The number of nitrogens with zero attached hydrogens (tertiary/aromatic N) is 1. The number of benzene rings is 1. The second kappa shape index (κ2) is 6.56. The van der Waals surface area contributed by atoms with E-state index >= 15 is 0 Å². The number of carbonyl (C=O) groups is 1. The molecule has 0 radical (unpaired) electrons. The molecule has 1 amide bonds. The second-order valence-corrected chi connectivity index (χ2v) is 7.36. The van der Waals surface area contributed by atoms with Gasteiger partial charge in [0.15, 0.2) is 4.67 Å². The van der Waals surface area contributed by atoms with Crippen molar-refractivity contribution in [1.82, 2.24) is 4.90 Å². The normalized spacial score (nSPS) is 16.3. The average molecular weight is 380 g/mol. The van der Waals surface area contributed by atoms with Gasteiger partial charge in [-0.1, -0.05) is 6.92 Å². The van der Waals surface area contributed by atoms with Crippen molar-refractivity contribution in [3.63, 3.8) is 0 Å². The summed E-state index contributed by atoms with van der Waals surface area (Å²) in [4.78, 5) is 14.7. The molecule has 2 heterocycles. The fourth-order valence-corrected chi connectivity index (χ4v) is 3.35. The number of fused-ring (bicyclic) bond motifs is 1. The van der Waals surface area contributed by atoms with Crippen LogP contribution in [0.25, 0.3) is 11.0 Å². The molecule has 23 heavy (non-hydrogen) atoms. The summed E-state index contributed by atoms with van der Waals surface area (Å²) in [6.07, 6.45) is 2.17. The molecular weight excluding hydrogens is 358 g/mol. The summed E-state index contributed by atoms with van der Waals surface area (Å²) in [6.45, 7) is 7.83. The second-order valence-electron chi connectivity index (χ2n) is 6.58. The van der Waals surface area contributed by atoms with Crippen molar-refractivity contribution in [1.29, 1.82) is 0 Å². The Hall–Kier alpha value is -1.49. The lowest BCUT2D eigenvalue weighted by Crippen LogP contribution is -2.37. The van der Waals surface area contributed by atoms with Gasteiger partial charge < -0.3 is 14.1 Å². The highest BCUT2D eigenvalue weighted by atomic mass is 79.9. The molecule has 3 rings (SSSR count). The summed E-state index contributed by atoms with van der Waals surface area (Å²) in [5.41, 5.74) is 1.30. The largest absolute Gasteiger partial charge is 0.490 e. The first-order chi connectivity index (χ1) is 10.9. The highest BCUT2D eigenvalue weighted by Gasteiger charge is 2.23. The Labute approximate surface area is 144 Å². The van der Waals surface area contributed by atoms with E-state index in [1.54, 1.807) is 0 Å². The summed E-state index contributed by atoms with van der Waals surface area (Å²) in [7, 11) is 0. The third-order valence-corrected chi connectivity index (χ3v) is 4.64. The summed E-state index contributed by atoms with van der Waals surface area (Å²) < 4.78 is 12.2. The van der Waals surface area contributed by atoms with E-state index in [0.717, 1.165) is 31.3 Å². The molecule has 0 bridgehead atoms. The van der Waals surface area contributed by atoms with Crippen LogP contribution in [0, 0.1) is 5.92 Å². The molecule has 1 aromatic heterocycles. The molecule has 1 aliphatic heterocycles. The first kappa shape index (κ1) is 16.4. The van der Waals surface area contributed by atoms with Crippen LogP contribution in [0.1, 0.15) is 44.0 Å². The maximum atomic E-state index is 12.8. The minimum atomic E-state index is 0.0352. The SMILES string of the molecule is CC1CCN(C(=O)c2cc(OC(C)C)c3cc(Br)oc3c2)CC1. The van der Waals surface area contributed by atoms with Crippen molar-refractivity contribution in [3.8, 4) is 5.75 Å². The predicted octanol–water partition coefficient (Wildman–Crippen LogP) is 4.85. The van der Waals surface area contributed by atoms with Crippen molar-refractivity contribution in [2.75, 3.05) is 13.1 Å². The van der Waals surface area contributed by atoms with E-state index < -0.39 is 0 Å². The van der Waals surface area contributed by atoms with Gasteiger partial charge in [-0.15, -0.1) is 0 Å². The minimum Gasteiger partial charge on any atom is -0.490 e. The molecule has 0 unspecified atom stereocenters. The molecule has 1 saturated heterocycles. The zero-order valence-electron chi connectivity index (χ0n) is 13.8. The van der Waals surface area contributed by atoms with Gasteiger partial charge in [-0.2, -0.15) is 0 Å². The van der Waals surface area contributed by atoms with Crippen LogP contribution in [0.2, 0.25) is 0 Å². The van der Waals surface area contributed by atoms with Gasteiger partial charge in [0.05, 0.1) is 11.5 Å². The maximum Gasteiger partial charge on any atom is 0.254 e. The van der Waals surface area contributed by atoms with Crippen LogP contribution in [0.4, 0.5) is 0 Å². The molecule has 5 heteroatoms. The van der Waals surface area contributed by atoms with Gasteiger partial charge in [-0.05, 0) is 60.7 Å². The van der Waals surface area contributed by atoms with Crippen LogP contribution in [0.5, 0.6) is 5.75 Å². The molecule has 0 saturated carbocycles. The van der Waals surface area contributed by atoms with Crippen LogP contribution in [0.15, 0.2) is 27.3 Å². The fourth-order valence-electron chi connectivity index (χ4n) is 2.94. The van der Waals surface area contributed by atoms with Gasteiger partial charge in [0, 0.05) is 24.7 Å². The van der Waals surface area contributed by atoms with Crippen LogP contribution in [-0.4, -0.2) is 30.0 Å². The highest BCUT2D eigenvalue weighted by Crippen LogP contribution is 2.34. The van der Waals surface area contributed by atoms with Crippen molar-refractivity contribution < 1.29 is 13.9 Å². The molecule has 1 aromatic carbocycles. The Balaban J connectivity index is 1.95. The number of piperidine rings is 1. The maximum absolute atomic E-state index is 12.8. The average Bonchev–Trinajstić information content (AvgIpc) is 2.87. The van der Waals surface area contributed by atoms with Gasteiger partial charge in [0.1, 0.15) is 11.3 Å². The molecule has 124 valence electrons. The van der Waals surface area contributed by atoms with E-state index in [0.29, 0.717) is 27.5 Å². The lowest BCUT2D eigenvalue weighted by atomic mass is 9.98. The van der Waals surface area contributed by atoms with Crippen molar-refractivity contribution in [3.05, 3.63) is 28.4 Å². The number of likely N-dealkylation sites (tertiary alicyclic amines) is 1. The molecular formula is C18H22BrNO3. The molecule has 0 spiro atoms. The van der Waals surface area contributed by atoms with E-state index in [1.165, 1.54) is 0 Å². The van der Waals surface area contributed by atoms with Crippen molar-refractivity contribution >= 4 is 32.8 Å². The van der Waals surface area contributed by atoms with Gasteiger partial charge in [-0.3, -0.25) is 4.79 Å². The van der Waals surface area contributed by atoms with Crippen LogP contribution < -0.4 is 4.74 Å². The Kier molecular flexibility index (Phi) is 4.67. The molecule has 2 aromatic rings. The first-order valence-corrected chi connectivity index (χ1v) is 8.92. The lowest BCUT2D eigenvalue weighted by Gasteiger charge is -2.30. The zero-order chi connectivity index (χ0) is 16.6. The minimum absolute atomic E-state index is 0.0352. The smallest absolute Gasteiger partial charge is 0.254 e. The Morgan fingerprint density at radius 2 is 2.00 bits per heavy atom. The van der Waals surface area contributed by atoms with Crippen molar-refractivity contribution in [2.24, 2.45) is 5.92 Å². The number of halogens is 1. The summed E-state index contributed by atoms with van der Waals surface area (Å²) in [6, 6.07) is 5.53. The summed E-state index contributed by atoms with van der Waals surface area (Å²) in [5, 5.41) is 0.884. The molecule has 0 N–H and O–H groups in total. The topological polar surface area (TPSA) is 42.7 Å². The molecule has 1 fully saturated rings. The first-order valence-electron chi connectivity index (χ1n) is 8.13. The van der Waals surface area contributed by atoms with E-state index in [-0.39, 0.29) is 12.0 Å². The highest BCUT2D eigenvalue weighted by molar-refractivity contribution is 9.10. The summed E-state index contributed by atoms with van der Waals surface area (Å²) >= 11 is 3.35. The van der Waals surface area contributed by atoms with Crippen LogP contribution in [-0.2, 0) is 0 Å². The van der Waals surface area contributed by atoms with Crippen LogP contribution >= 0.6 is 15.9 Å². The van der Waals surface area contributed by atoms with E-state index in [4.69, 9.17) is 9.15 Å². The standard InChI is InChI=1S/C18H22BrNO3/c1-11(2)22-15-8-13(9-16-14(15)10-17(19)23-16)18(21)20-6-4-12(3)5-7-20/h8-12H,4-7H2,1-3H3. The predicted molar refractivity (Wildman–Crippen MR) is 94.0 cm³/mol. The number of furan rings is 1. The number of rotatable bonds is 3. The van der Waals surface area contributed by atoms with Gasteiger partial charge in [0.2, 0.25) is 0 Å².